The molecular formula is C22H16F6N2O7. The molecule has 4 unspecified atom stereocenters. The predicted octanol–water partition coefficient (Wildman–Crippen LogP) is 1.93. The molecule has 2 bridgehead atoms. The van der Waals surface area contributed by atoms with Gasteiger partial charge in [-0.15, -0.1) is 0 Å². The minimum atomic E-state index is -5.58. The number of esters is 2. The number of carbonyl (C=O) groups excluding carboxylic acids is 5. The number of benzene rings is 1. The van der Waals surface area contributed by atoms with Gasteiger partial charge in [0.15, 0.2) is 5.78 Å². The van der Waals surface area contributed by atoms with E-state index in [-0.39, 0.29) is 5.56 Å². The van der Waals surface area contributed by atoms with Gasteiger partial charge in [0.25, 0.3) is 5.91 Å². The topological polar surface area (TPSA) is 110 Å². The maximum Gasteiger partial charge on any atom is 0.491 e. The highest BCUT2D eigenvalue weighted by atomic mass is 19.4. The van der Waals surface area contributed by atoms with Crippen LogP contribution in [0.5, 0.6) is 0 Å². The van der Waals surface area contributed by atoms with Gasteiger partial charge in [0.1, 0.15) is 12.0 Å². The number of ether oxygens (including phenoxy) is 2. The summed E-state index contributed by atoms with van der Waals surface area (Å²) < 4.78 is 87.3. The Bertz CT molecular complexity index is 1260. The second-order valence-corrected chi connectivity index (χ2v) is 8.82. The van der Waals surface area contributed by atoms with E-state index >= 15 is 0 Å². The van der Waals surface area contributed by atoms with Crippen molar-refractivity contribution in [2.24, 2.45) is 5.92 Å². The fourth-order valence-corrected chi connectivity index (χ4v) is 4.77. The number of carbonyl (C=O) groups is 5. The summed E-state index contributed by atoms with van der Waals surface area (Å²) in [4.78, 5) is 62.9. The van der Waals surface area contributed by atoms with Gasteiger partial charge < -0.3 is 9.47 Å². The summed E-state index contributed by atoms with van der Waals surface area (Å²) in [5, 5.41) is 1.00. The average Bonchev–Trinajstić information content (AvgIpc) is 3.03. The number of rotatable bonds is 4. The highest BCUT2D eigenvalue weighted by Gasteiger charge is 2.76. The maximum absolute atomic E-state index is 13.3. The van der Waals surface area contributed by atoms with Crippen LogP contribution in [0.25, 0.3) is 0 Å². The smallest absolute Gasteiger partial charge is 0.434 e. The van der Waals surface area contributed by atoms with Crippen LogP contribution in [0, 0.1) is 12.8 Å². The van der Waals surface area contributed by atoms with Crippen molar-refractivity contribution >= 4 is 29.4 Å². The molecule has 9 nitrogen and oxygen atoms in total. The monoisotopic (exact) mass is 534 g/mol. The number of halogens is 6. The third-order valence-electron chi connectivity index (χ3n) is 6.30. The first-order valence-electron chi connectivity index (χ1n) is 10.5. The van der Waals surface area contributed by atoms with Gasteiger partial charge in [0, 0.05) is 12.6 Å². The molecule has 3 aliphatic rings. The van der Waals surface area contributed by atoms with Gasteiger partial charge in [0.05, 0.1) is 0 Å². The molecule has 1 aromatic carbocycles. The summed E-state index contributed by atoms with van der Waals surface area (Å²) in [7, 11) is 0. The Balaban J connectivity index is 1.85. The number of hydrazine groups is 1. The standard InChI is InChI=1S/C22H16F6N2O7/c1-10-4-3-5-11(8-10)9-20(37-18(35)22(26,27)28)13-12(31)6-7-29(20)30-14(13)15(32)19(2,16(30)33)36-17(34)21(23,24)25/h3-8,13-14H,9H2,1-2H3. The molecule has 1 aromatic rings. The van der Waals surface area contributed by atoms with Gasteiger partial charge in [-0.3, -0.25) is 14.4 Å². The fraction of sp³-hybridized carbons (Fsp3) is 0.409. The second kappa shape index (κ2) is 8.05. The van der Waals surface area contributed by atoms with Crippen molar-refractivity contribution < 1.29 is 59.8 Å². The molecule has 15 heteroatoms. The van der Waals surface area contributed by atoms with E-state index < -0.39 is 71.5 Å². The summed E-state index contributed by atoms with van der Waals surface area (Å²) in [6.45, 7) is 2.22. The number of allylic oxidation sites excluding steroid dienone is 1. The number of nitrogens with zero attached hydrogens (tertiary/aromatic N) is 2. The lowest BCUT2D eigenvalue weighted by atomic mass is 9.78. The Morgan fingerprint density at radius 3 is 2.16 bits per heavy atom. The molecule has 0 aromatic heterocycles. The van der Waals surface area contributed by atoms with E-state index in [2.05, 4.69) is 4.74 Å². The molecule has 2 saturated heterocycles. The third kappa shape index (κ3) is 3.92. The Morgan fingerprint density at radius 1 is 1.00 bits per heavy atom. The van der Waals surface area contributed by atoms with Crippen LogP contribution >= 0.6 is 0 Å². The van der Waals surface area contributed by atoms with Crippen LogP contribution in [0.4, 0.5) is 26.3 Å². The summed E-state index contributed by atoms with van der Waals surface area (Å²) in [5.41, 5.74) is -4.77. The largest absolute Gasteiger partial charge is 0.491 e. The van der Waals surface area contributed by atoms with Gasteiger partial charge in [-0.25, -0.2) is 19.6 Å². The summed E-state index contributed by atoms with van der Waals surface area (Å²) in [5.74, 6) is -11.7. The molecule has 2 fully saturated rings. The molecule has 0 N–H and O–H groups in total. The van der Waals surface area contributed by atoms with Crippen LogP contribution in [-0.4, -0.2) is 69.2 Å². The zero-order chi connectivity index (χ0) is 27.7. The number of hydrogen-bond donors (Lipinski definition) is 0. The van der Waals surface area contributed by atoms with Crippen molar-refractivity contribution in [1.82, 2.24) is 10.0 Å². The second-order valence-electron chi connectivity index (χ2n) is 8.82. The Hall–Kier alpha value is -3.91. The first kappa shape index (κ1) is 26.2. The van der Waals surface area contributed by atoms with Crippen molar-refractivity contribution in [3.8, 4) is 0 Å². The first-order valence-corrected chi connectivity index (χ1v) is 10.5. The zero-order valence-electron chi connectivity index (χ0n) is 18.8. The molecule has 4 rings (SSSR count). The molecule has 37 heavy (non-hydrogen) atoms. The van der Waals surface area contributed by atoms with Crippen LogP contribution in [0.2, 0.25) is 0 Å². The van der Waals surface area contributed by atoms with Crippen LogP contribution in [0.3, 0.4) is 0 Å². The number of hydrogen-bond acceptors (Lipinski definition) is 8. The SMILES string of the molecule is Cc1cccc(CC2(OC(=O)C(F)(F)F)C3C(=O)C=CN2N2C(=O)C(C)(OC(=O)C(F)(F)F)C(=O)C32)c1. The Labute approximate surface area is 203 Å². The molecule has 0 spiro atoms. The van der Waals surface area contributed by atoms with E-state index in [1.165, 1.54) is 18.2 Å². The average molecular weight is 534 g/mol. The van der Waals surface area contributed by atoms with Crippen LogP contribution in [0.15, 0.2) is 36.5 Å². The molecule has 198 valence electrons. The van der Waals surface area contributed by atoms with Gasteiger partial charge in [0.2, 0.25) is 17.1 Å². The molecule has 4 atom stereocenters. The number of alkyl halides is 6. The fourth-order valence-electron chi connectivity index (χ4n) is 4.77. The van der Waals surface area contributed by atoms with Crippen molar-refractivity contribution in [1.29, 1.82) is 0 Å². The minimum absolute atomic E-state index is 0.250. The lowest BCUT2D eigenvalue weighted by Gasteiger charge is -2.43. The summed E-state index contributed by atoms with van der Waals surface area (Å²) in [6, 6.07) is 4.06. The Morgan fingerprint density at radius 2 is 1.59 bits per heavy atom. The number of aryl methyl sites for hydroxylation is 1. The molecule has 3 aliphatic heterocycles. The van der Waals surface area contributed by atoms with E-state index in [0.29, 0.717) is 22.5 Å². The Kier molecular flexibility index (Phi) is 5.69. The van der Waals surface area contributed by atoms with Crippen molar-refractivity contribution in [2.75, 3.05) is 0 Å². The molecule has 0 aliphatic carbocycles. The van der Waals surface area contributed by atoms with Gasteiger partial charge >= 0.3 is 24.3 Å². The molecule has 1 amide bonds. The summed E-state index contributed by atoms with van der Waals surface area (Å²) in [6.07, 6.45) is -10.2. The van der Waals surface area contributed by atoms with Gasteiger partial charge in [-0.1, -0.05) is 29.8 Å². The predicted molar refractivity (Wildman–Crippen MR) is 105 cm³/mol. The molecule has 3 heterocycles. The van der Waals surface area contributed by atoms with E-state index in [9.17, 15) is 50.3 Å². The molecular weight excluding hydrogens is 518 g/mol. The highest BCUT2D eigenvalue weighted by molar-refractivity contribution is 6.20. The van der Waals surface area contributed by atoms with Crippen LogP contribution < -0.4 is 0 Å². The molecule has 0 saturated carbocycles. The summed E-state index contributed by atoms with van der Waals surface area (Å²) >= 11 is 0. The lowest BCUT2D eigenvalue weighted by Crippen LogP contribution is -2.61. The van der Waals surface area contributed by atoms with Crippen molar-refractivity contribution in [3.63, 3.8) is 0 Å². The first-order chi connectivity index (χ1) is 16.9. The maximum atomic E-state index is 13.3. The van der Waals surface area contributed by atoms with Crippen LogP contribution in [-0.2, 0) is 39.9 Å². The highest BCUT2D eigenvalue weighted by Crippen LogP contribution is 2.52. The number of amides is 1. The van der Waals surface area contributed by atoms with Crippen molar-refractivity contribution in [3.05, 3.63) is 47.7 Å². The minimum Gasteiger partial charge on any atom is -0.434 e. The zero-order valence-corrected chi connectivity index (χ0v) is 18.8. The molecule has 0 radical (unpaired) electrons. The van der Waals surface area contributed by atoms with E-state index in [0.717, 1.165) is 12.3 Å². The van der Waals surface area contributed by atoms with E-state index in [4.69, 9.17) is 4.74 Å². The van der Waals surface area contributed by atoms with Crippen molar-refractivity contribution in [2.45, 2.75) is 50.0 Å². The normalized spacial score (nSPS) is 29.0. The number of Topliss-reactive ketones (excluding diaryl/α,β-unsaturated/α-hetero) is 1. The van der Waals surface area contributed by atoms with E-state index in [1.807, 2.05) is 0 Å². The third-order valence-corrected chi connectivity index (χ3v) is 6.30. The number of ketones is 2. The van der Waals surface area contributed by atoms with E-state index in [1.54, 1.807) is 13.0 Å². The van der Waals surface area contributed by atoms with Gasteiger partial charge in [-0.05, 0) is 25.5 Å². The lowest BCUT2D eigenvalue weighted by molar-refractivity contribution is -0.241. The van der Waals surface area contributed by atoms with Crippen LogP contribution in [0.1, 0.15) is 18.1 Å². The number of fused-ring (bicyclic) bond motifs is 5. The quantitative estimate of drug-likeness (QED) is 0.328. The van der Waals surface area contributed by atoms with Gasteiger partial charge in [-0.2, -0.15) is 26.3 Å².